The molecule has 1 fully saturated rings. The van der Waals surface area contributed by atoms with Crippen molar-refractivity contribution in [2.24, 2.45) is 0 Å². The number of methoxy groups -OCH3 is 1. The van der Waals surface area contributed by atoms with Crippen molar-refractivity contribution in [2.45, 2.75) is 32.6 Å². The number of ether oxygens (including phenoxy) is 1. The molecule has 3 rings (SSSR count). The van der Waals surface area contributed by atoms with Gasteiger partial charge in [0.2, 0.25) is 0 Å². The van der Waals surface area contributed by atoms with E-state index in [1.165, 1.54) is 35.0 Å². The van der Waals surface area contributed by atoms with E-state index in [1.807, 2.05) is 0 Å². The smallest absolute Gasteiger partial charge is 0.142 e. The fourth-order valence-electron chi connectivity index (χ4n) is 3.33. The number of aromatic amines is 1. The number of hydrogen-bond donors (Lipinski definition) is 2. The molecule has 1 unspecified atom stereocenters. The zero-order valence-electron chi connectivity index (χ0n) is 12.0. The minimum Gasteiger partial charge on any atom is -0.495 e. The molecule has 2 aromatic rings. The summed E-state index contributed by atoms with van der Waals surface area (Å²) in [7, 11) is 1.74. The van der Waals surface area contributed by atoms with Crippen molar-refractivity contribution >= 4 is 10.9 Å². The molecule has 102 valence electrons. The number of fused-ring (bicyclic) bond motifs is 1. The SMILES string of the molecule is COc1ccc(C)c2c(C)c(C3CCCNC3)[nH]c12. The Morgan fingerprint density at radius 1 is 1.26 bits per heavy atom. The van der Waals surface area contributed by atoms with Gasteiger partial charge in [-0.15, -0.1) is 0 Å². The number of hydrogen-bond acceptors (Lipinski definition) is 2. The molecule has 1 aromatic heterocycles. The summed E-state index contributed by atoms with van der Waals surface area (Å²) in [5.41, 5.74) is 5.25. The number of aromatic nitrogens is 1. The Morgan fingerprint density at radius 3 is 2.79 bits per heavy atom. The number of benzene rings is 1. The number of aryl methyl sites for hydroxylation is 2. The van der Waals surface area contributed by atoms with Gasteiger partial charge in [0.25, 0.3) is 0 Å². The minimum absolute atomic E-state index is 0.602. The van der Waals surface area contributed by atoms with E-state index >= 15 is 0 Å². The van der Waals surface area contributed by atoms with Gasteiger partial charge >= 0.3 is 0 Å². The van der Waals surface area contributed by atoms with Crippen molar-refractivity contribution in [1.29, 1.82) is 0 Å². The van der Waals surface area contributed by atoms with Crippen molar-refractivity contribution in [3.63, 3.8) is 0 Å². The third-order valence-electron chi connectivity index (χ3n) is 4.34. The quantitative estimate of drug-likeness (QED) is 0.867. The van der Waals surface area contributed by atoms with Crippen LogP contribution in [0.2, 0.25) is 0 Å². The lowest BCUT2D eigenvalue weighted by molar-refractivity contribution is 0.418. The van der Waals surface area contributed by atoms with Crippen molar-refractivity contribution < 1.29 is 4.74 Å². The van der Waals surface area contributed by atoms with E-state index in [0.717, 1.165) is 24.4 Å². The van der Waals surface area contributed by atoms with E-state index in [9.17, 15) is 0 Å². The van der Waals surface area contributed by atoms with Crippen LogP contribution in [0, 0.1) is 13.8 Å². The summed E-state index contributed by atoms with van der Waals surface area (Å²) in [4.78, 5) is 3.63. The van der Waals surface area contributed by atoms with E-state index in [-0.39, 0.29) is 0 Å². The predicted molar refractivity (Wildman–Crippen MR) is 79.2 cm³/mol. The Bertz CT molecular complexity index is 594. The van der Waals surface area contributed by atoms with Crippen LogP contribution in [0.25, 0.3) is 10.9 Å². The zero-order valence-corrected chi connectivity index (χ0v) is 12.0. The lowest BCUT2D eigenvalue weighted by Crippen LogP contribution is -2.28. The molecule has 0 spiro atoms. The summed E-state index contributed by atoms with van der Waals surface area (Å²) >= 11 is 0. The monoisotopic (exact) mass is 258 g/mol. The predicted octanol–water partition coefficient (Wildman–Crippen LogP) is 3.26. The first-order chi connectivity index (χ1) is 9.22. The highest BCUT2D eigenvalue weighted by molar-refractivity contribution is 5.92. The van der Waals surface area contributed by atoms with Gasteiger partial charge in [0.1, 0.15) is 5.75 Å². The van der Waals surface area contributed by atoms with Gasteiger partial charge in [-0.05, 0) is 50.4 Å². The Hall–Kier alpha value is -1.48. The van der Waals surface area contributed by atoms with E-state index < -0.39 is 0 Å². The fourth-order valence-corrected chi connectivity index (χ4v) is 3.33. The number of H-pyrrole nitrogens is 1. The second kappa shape index (κ2) is 4.89. The van der Waals surface area contributed by atoms with E-state index in [0.29, 0.717) is 5.92 Å². The number of nitrogens with one attached hydrogen (secondary N) is 2. The van der Waals surface area contributed by atoms with Crippen LogP contribution in [-0.2, 0) is 0 Å². The maximum absolute atomic E-state index is 5.49. The molecule has 0 aliphatic carbocycles. The summed E-state index contributed by atoms with van der Waals surface area (Å²) in [6.07, 6.45) is 2.53. The van der Waals surface area contributed by atoms with Gasteiger partial charge in [-0.25, -0.2) is 0 Å². The van der Waals surface area contributed by atoms with Crippen molar-refractivity contribution in [3.8, 4) is 5.75 Å². The van der Waals surface area contributed by atoms with Gasteiger partial charge < -0.3 is 15.0 Å². The van der Waals surface area contributed by atoms with E-state index in [1.54, 1.807) is 7.11 Å². The largest absolute Gasteiger partial charge is 0.495 e. The zero-order chi connectivity index (χ0) is 13.4. The van der Waals surface area contributed by atoms with Gasteiger partial charge in [-0.1, -0.05) is 6.07 Å². The third kappa shape index (κ3) is 2.02. The molecule has 0 bridgehead atoms. The first-order valence-electron chi connectivity index (χ1n) is 7.09. The lowest BCUT2D eigenvalue weighted by Gasteiger charge is -2.22. The summed E-state index contributed by atoms with van der Waals surface area (Å²) in [6.45, 7) is 6.63. The average molecular weight is 258 g/mol. The van der Waals surface area contributed by atoms with Gasteiger partial charge in [-0.3, -0.25) is 0 Å². The average Bonchev–Trinajstić information content (AvgIpc) is 2.79. The second-order valence-electron chi connectivity index (χ2n) is 5.54. The summed E-state index contributed by atoms with van der Waals surface area (Å²) in [6, 6.07) is 4.20. The molecule has 3 nitrogen and oxygen atoms in total. The number of rotatable bonds is 2. The number of piperidine rings is 1. The van der Waals surface area contributed by atoms with Crippen LogP contribution in [-0.4, -0.2) is 25.2 Å². The molecule has 1 saturated heterocycles. The highest BCUT2D eigenvalue weighted by atomic mass is 16.5. The Labute approximate surface area is 114 Å². The standard InChI is InChI=1S/C16H22N2O/c1-10-6-7-13(19-3)16-14(10)11(2)15(18-16)12-5-4-8-17-9-12/h6-7,12,17-18H,4-5,8-9H2,1-3H3. The first-order valence-corrected chi connectivity index (χ1v) is 7.09. The van der Waals surface area contributed by atoms with Crippen LogP contribution in [0.3, 0.4) is 0 Å². The molecule has 1 atom stereocenters. The van der Waals surface area contributed by atoms with Crippen LogP contribution in [0.5, 0.6) is 5.75 Å². The fraction of sp³-hybridized carbons (Fsp3) is 0.500. The molecular weight excluding hydrogens is 236 g/mol. The maximum Gasteiger partial charge on any atom is 0.142 e. The molecule has 0 radical (unpaired) electrons. The van der Waals surface area contributed by atoms with E-state index in [4.69, 9.17) is 4.74 Å². The summed E-state index contributed by atoms with van der Waals surface area (Å²) in [5, 5.41) is 4.83. The molecule has 1 aliphatic rings. The summed E-state index contributed by atoms with van der Waals surface area (Å²) in [5.74, 6) is 1.55. The Morgan fingerprint density at radius 2 is 2.11 bits per heavy atom. The maximum atomic E-state index is 5.49. The van der Waals surface area contributed by atoms with Gasteiger partial charge in [0.15, 0.2) is 0 Å². The molecule has 19 heavy (non-hydrogen) atoms. The van der Waals surface area contributed by atoms with Gasteiger partial charge in [-0.2, -0.15) is 0 Å². The summed E-state index contributed by atoms with van der Waals surface area (Å²) < 4.78 is 5.49. The van der Waals surface area contributed by atoms with Crippen LogP contribution in [0.15, 0.2) is 12.1 Å². The molecule has 0 amide bonds. The van der Waals surface area contributed by atoms with Crippen molar-refractivity contribution in [2.75, 3.05) is 20.2 Å². The van der Waals surface area contributed by atoms with Crippen molar-refractivity contribution in [3.05, 3.63) is 29.0 Å². The highest BCUT2D eigenvalue weighted by Gasteiger charge is 2.21. The molecular formula is C16H22N2O. The highest BCUT2D eigenvalue weighted by Crippen LogP contribution is 2.36. The molecule has 1 aliphatic heterocycles. The van der Waals surface area contributed by atoms with Crippen molar-refractivity contribution in [1.82, 2.24) is 10.3 Å². The molecule has 2 N–H and O–H groups in total. The Kier molecular flexibility index (Phi) is 3.23. The lowest BCUT2D eigenvalue weighted by atomic mass is 9.93. The second-order valence-corrected chi connectivity index (χ2v) is 5.54. The normalized spacial score (nSPS) is 19.8. The molecule has 1 aromatic carbocycles. The Balaban J connectivity index is 2.16. The molecule has 0 saturated carbocycles. The van der Waals surface area contributed by atoms with Crippen LogP contribution in [0.1, 0.15) is 35.6 Å². The topological polar surface area (TPSA) is 37.0 Å². The van der Waals surface area contributed by atoms with E-state index in [2.05, 4.69) is 36.3 Å². The minimum atomic E-state index is 0.602. The first kappa shape index (κ1) is 12.5. The van der Waals surface area contributed by atoms with Gasteiger partial charge in [0.05, 0.1) is 12.6 Å². The van der Waals surface area contributed by atoms with Crippen LogP contribution >= 0.6 is 0 Å². The molecule has 2 heterocycles. The molecule has 3 heteroatoms. The van der Waals surface area contributed by atoms with Gasteiger partial charge in [0, 0.05) is 23.5 Å². The van der Waals surface area contributed by atoms with Crippen LogP contribution in [0.4, 0.5) is 0 Å². The van der Waals surface area contributed by atoms with Crippen LogP contribution < -0.4 is 10.1 Å². The third-order valence-corrected chi connectivity index (χ3v) is 4.34.